The van der Waals surface area contributed by atoms with Crippen molar-refractivity contribution in [2.45, 2.75) is 6.10 Å². The molecule has 0 aliphatic carbocycles. The zero-order valence-corrected chi connectivity index (χ0v) is 8.86. The Morgan fingerprint density at radius 1 is 1.60 bits per heavy atom. The van der Waals surface area contributed by atoms with Gasteiger partial charge in [-0.25, -0.2) is 0 Å². The van der Waals surface area contributed by atoms with Crippen molar-refractivity contribution >= 4 is 0 Å². The number of benzene rings is 1. The van der Waals surface area contributed by atoms with E-state index in [2.05, 4.69) is 5.32 Å². The Hall–Kier alpha value is -1.10. The molecule has 0 spiro atoms. The molecule has 0 unspecified atom stereocenters. The second-order valence-electron chi connectivity index (χ2n) is 2.92. The number of hydrogen-bond acceptors (Lipinski definition) is 4. The van der Waals surface area contributed by atoms with Gasteiger partial charge >= 0.3 is 0 Å². The van der Waals surface area contributed by atoms with E-state index in [9.17, 15) is 5.11 Å². The minimum atomic E-state index is -1.89. The third-order valence-electron chi connectivity index (χ3n) is 1.80. The molecule has 1 atom stereocenters. The fourth-order valence-electron chi connectivity index (χ4n) is 1.12. The van der Waals surface area contributed by atoms with Crippen molar-refractivity contribution in [1.29, 1.82) is 0 Å². The van der Waals surface area contributed by atoms with Crippen LogP contribution in [-0.4, -0.2) is 32.6 Å². The van der Waals surface area contributed by atoms with Gasteiger partial charge in [0.25, 0.3) is 0 Å². The van der Waals surface area contributed by atoms with E-state index in [1.54, 1.807) is 24.3 Å². The van der Waals surface area contributed by atoms with Gasteiger partial charge in [-0.1, -0.05) is 12.1 Å². The van der Waals surface area contributed by atoms with Crippen molar-refractivity contribution in [2.24, 2.45) is 0 Å². The van der Waals surface area contributed by atoms with Gasteiger partial charge in [-0.05, 0) is 24.7 Å². The average Bonchev–Trinajstić information content (AvgIpc) is 2.35. The summed E-state index contributed by atoms with van der Waals surface area (Å²) in [5.41, 5.74) is 0.443. The molecular weight excluding hydrogens is 194 g/mol. The lowest BCUT2D eigenvalue weighted by molar-refractivity contribution is 0.0508. The van der Waals surface area contributed by atoms with Crippen LogP contribution in [0.1, 0.15) is 14.4 Å². The molecule has 0 aliphatic heterocycles. The minimum absolute atomic E-state index is 0.110. The quantitative estimate of drug-likeness (QED) is 0.690. The Kier molecular flexibility index (Phi) is 3.90. The van der Waals surface area contributed by atoms with Gasteiger partial charge in [-0.3, -0.25) is 0 Å². The molecule has 1 aromatic rings. The SMILES string of the molecule is [2H]C([2H])(NC)[C@H](O)c1cccc(OCOC)c1. The summed E-state index contributed by atoms with van der Waals surface area (Å²) in [7, 11) is 2.97. The highest BCUT2D eigenvalue weighted by atomic mass is 16.7. The Morgan fingerprint density at radius 3 is 3.07 bits per heavy atom. The summed E-state index contributed by atoms with van der Waals surface area (Å²) < 4.78 is 25.1. The summed E-state index contributed by atoms with van der Waals surface area (Å²) in [6.45, 7) is -1.78. The Labute approximate surface area is 92.6 Å². The van der Waals surface area contributed by atoms with E-state index in [-0.39, 0.29) is 6.79 Å². The molecule has 0 bridgehead atoms. The highest BCUT2D eigenvalue weighted by molar-refractivity contribution is 5.29. The average molecular weight is 213 g/mol. The van der Waals surface area contributed by atoms with Crippen LogP contribution in [0.4, 0.5) is 0 Å². The normalized spacial score (nSPS) is 15.4. The third kappa shape index (κ3) is 3.87. The maximum atomic E-state index is 9.87. The molecule has 0 aromatic heterocycles. The Bertz CT molecular complexity index is 360. The summed E-state index contributed by atoms with van der Waals surface area (Å²) in [4.78, 5) is 0. The van der Waals surface area contributed by atoms with Gasteiger partial charge in [0, 0.05) is 16.3 Å². The van der Waals surface area contributed by atoms with Crippen LogP contribution >= 0.6 is 0 Å². The first-order chi connectivity index (χ1) is 8.01. The van der Waals surface area contributed by atoms with Gasteiger partial charge in [0.2, 0.25) is 0 Å². The van der Waals surface area contributed by atoms with Crippen LogP contribution in [0.25, 0.3) is 0 Å². The lowest BCUT2D eigenvalue weighted by Gasteiger charge is -2.12. The summed E-state index contributed by atoms with van der Waals surface area (Å²) in [6, 6.07) is 6.62. The van der Waals surface area contributed by atoms with Crippen molar-refractivity contribution < 1.29 is 17.3 Å². The van der Waals surface area contributed by atoms with E-state index in [1.165, 1.54) is 14.2 Å². The smallest absolute Gasteiger partial charge is 0.188 e. The number of aliphatic hydroxyl groups is 1. The maximum absolute atomic E-state index is 9.87. The van der Waals surface area contributed by atoms with E-state index >= 15 is 0 Å². The summed E-state index contributed by atoms with van der Waals surface area (Å²) in [5, 5.41) is 12.3. The van der Waals surface area contributed by atoms with Crippen molar-refractivity contribution in [3.8, 4) is 5.75 Å². The number of nitrogens with one attached hydrogen (secondary N) is 1. The lowest BCUT2D eigenvalue weighted by Crippen LogP contribution is -2.16. The van der Waals surface area contributed by atoms with Gasteiger partial charge in [0.05, 0.1) is 6.10 Å². The molecule has 15 heavy (non-hydrogen) atoms. The molecular formula is C11H17NO3. The highest BCUT2D eigenvalue weighted by Crippen LogP contribution is 2.18. The first-order valence-electron chi connectivity index (χ1n) is 5.60. The zero-order valence-electron chi connectivity index (χ0n) is 10.9. The molecule has 0 heterocycles. The Balaban J connectivity index is 2.84. The van der Waals surface area contributed by atoms with Gasteiger partial charge in [-0.2, -0.15) is 0 Å². The fraction of sp³-hybridized carbons (Fsp3) is 0.455. The van der Waals surface area contributed by atoms with Crippen LogP contribution in [0.15, 0.2) is 24.3 Å². The first-order valence-corrected chi connectivity index (χ1v) is 4.60. The van der Waals surface area contributed by atoms with Crippen LogP contribution < -0.4 is 10.1 Å². The zero-order chi connectivity index (χ0) is 12.9. The number of rotatable bonds is 6. The largest absolute Gasteiger partial charge is 0.468 e. The van der Waals surface area contributed by atoms with Crippen molar-refractivity contribution in [3.05, 3.63) is 29.8 Å². The van der Waals surface area contributed by atoms with E-state index in [0.717, 1.165) is 0 Å². The van der Waals surface area contributed by atoms with E-state index < -0.39 is 12.6 Å². The molecule has 84 valence electrons. The standard InChI is InChI=1S/C11H17NO3/c1-12-7-11(13)9-4-3-5-10(6-9)15-8-14-2/h3-6,11-13H,7-8H2,1-2H3/t11-/m0/s1/i7D2. The van der Waals surface area contributed by atoms with Crippen molar-refractivity contribution in [2.75, 3.05) is 27.4 Å². The summed E-state index contributed by atoms with van der Waals surface area (Å²) in [6.07, 6.45) is -1.27. The van der Waals surface area contributed by atoms with E-state index in [1.807, 2.05) is 0 Å². The van der Waals surface area contributed by atoms with Crippen LogP contribution in [0.2, 0.25) is 0 Å². The molecule has 0 radical (unpaired) electrons. The molecule has 0 fully saturated rings. The molecule has 0 saturated heterocycles. The molecule has 4 heteroatoms. The molecule has 0 aliphatic rings. The molecule has 1 rings (SSSR count). The summed E-state index contributed by atoms with van der Waals surface area (Å²) in [5.74, 6) is 0.523. The Morgan fingerprint density at radius 2 is 2.40 bits per heavy atom. The predicted molar refractivity (Wildman–Crippen MR) is 57.8 cm³/mol. The molecule has 0 saturated carbocycles. The number of aliphatic hydroxyl groups excluding tert-OH is 1. The molecule has 1 aromatic carbocycles. The second kappa shape index (κ2) is 6.40. The second-order valence-corrected chi connectivity index (χ2v) is 2.92. The lowest BCUT2D eigenvalue weighted by atomic mass is 10.1. The number of methoxy groups -OCH3 is 1. The monoisotopic (exact) mass is 213 g/mol. The molecule has 2 N–H and O–H groups in total. The van der Waals surface area contributed by atoms with Crippen LogP contribution in [0.5, 0.6) is 5.75 Å². The van der Waals surface area contributed by atoms with Crippen LogP contribution in [0, 0.1) is 0 Å². The topological polar surface area (TPSA) is 50.7 Å². The van der Waals surface area contributed by atoms with E-state index in [4.69, 9.17) is 12.2 Å². The third-order valence-corrected chi connectivity index (χ3v) is 1.80. The number of hydrogen-bond donors (Lipinski definition) is 2. The predicted octanol–water partition coefficient (Wildman–Crippen LogP) is 0.922. The van der Waals surface area contributed by atoms with Gasteiger partial charge in [-0.15, -0.1) is 0 Å². The first kappa shape index (κ1) is 9.15. The number of ether oxygens (including phenoxy) is 2. The van der Waals surface area contributed by atoms with Gasteiger partial charge in [0.15, 0.2) is 6.79 Å². The van der Waals surface area contributed by atoms with Gasteiger partial charge < -0.3 is 19.9 Å². The van der Waals surface area contributed by atoms with Gasteiger partial charge in [0.1, 0.15) is 5.75 Å². The van der Waals surface area contributed by atoms with Crippen LogP contribution in [-0.2, 0) is 4.74 Å². The van der Waals surface area contributed by atoms with E-state index in [0.29, 0.717) is 11.3 Å². The van der Waals surface area contributed by atoms with Crippen molar-refractivity contribution in [1.82, 2.24) is 5.32 Å². The number of likely N-dealkylation sites (N-methyl/N-ethyl adjacent to an activating group) is 1. The molecule has 4 nitrogen and oxygen atoms in total. The summed E-state index contributed by atoms with van der Waals surface area (Å²) >= 11 is 0. The molecule has 0 amide bonds. The van der Waals surface area contributed by atoms with Crippen molar-refractivity contribution in [3.63, 3.8) is 0 Å². The maximum Gasteiger partial charge on any atom is 0.188 e. The fourth-order valence-corrected chi connectivity index (χ4v) is 1.12. The highest BCUT2D eigenvalue weighted by Gasteiger charge is 2.06. The van der Waals surface area contributed by atoms with Crippen LogP contribution in [0.3, 0.4) is 0 Å². The minimum Gasteiger partial charge on any atom is -0.468 e.